The first-order valence-corrected chi connectivity index (χ1v) is 13.0. The molecule has 2 aromatic rings. The van der Waals surface area contributed by atoms with E-state index in [1.54, 1.807) is 19.9 Å². The van der Waals surface area contributed by atoms with Gasteiger partial charge >= 0.3 is 17.9 Å². The molecule has 1 aliphatic carbocycles. The second kappa shape index (κ2) is 13.1. The molecule has 1 N–H and O–H groups in total. The molecule has 2 aromatic carbocycles. The molecular weight excluding hydrogens is 500 g/mol. The number of rotatable bonds is 13. The van der Waals surface area contributed by atoms with E-state index in [4.69, 9.17) is 18.9 Å². The minimum Gasteiger partial charge on any atom is -0.489 e. The van der Waals surface area contributed by atoms with Crippen molar-refractivity contribution < 1.29 is 38.4 Å². The molecule has 0 spiro atoms. The summed E-state index contributed by atoms with van der Waals surface area (Å²) in [5, 5.41) is 11.2. The molecule has 0 saturated heterocycles. The molecule has 8 nitrogen and oxygen atoms in total. The highest BCUT2D eigenvalue weighted by Crippen LogP contribution is 2.44. The number of carbonyl (C=O) groups excluding carboxylic acids is 2. The maximum Gasteiger partial charge on any atom is 0.333 e. The Kier molecular flexibility index (Phi) is 9.93. The van der Waals surface area contributed by atoms with E-state index in [1.807, 2.05) is 38.1 Å². The molecule has 0 bridgehead atoms. The molecule has 2 atom stereocenters. The Hall–Kier alpha value is -4.07. The lowest BCUT2D eigenvalue weighted by atomic mass is 9.87. The molecule has 1 aliphatic rings. The number of hydrogen-bond donors (Lipinski definition) is 1. The smallest absolute Gasteiger partial charge is 0.333 e. The van der Waals surface area contributed by atoms with Crippen LogP contribution in [0.15, 0.2) is 60.2 Å². The number of carboxylic acid groups (broad SMARTS) is 1. The van der Waals surface area contributed by atoms with E-state index in [2.05, 4.69) is 13.2 Å². The molecule has 0 heterocycles. The molecule has 3 rings (SSSR count). The number of benzene rings is 2. The fourth-order valence-corrected chi connectivity index (χ4v) is 4.19. The van der Waals surface area contributed by atoms with Gasteiger partial charge in [0.05, 0.1) is 0 Å². The van der Waals surface area contributed by atoms with Gasteiger partial charge < -0.3 is 24.1 Å². The summed E-state index contributed by atoms with van der Waals surface area (Å²) in [6.07, 6.45) is 2.24. The predicted octanol–water partition coefficient (Wildman–Crippen LogP) is 5.50. The van der Waals surface area contributed by atoms with E-state index in [9.17, 15) is 19.5 Å². The fraction of sp³-hybridized carbons (Fsp3) is 0.387. The van der Waals surface area contributed by atoms with Crippen molar-refractivity contribution in [1.29, 1.82) is 0 Å². The Labute approximate surface area is 228 Å². The minimum absolute atomic E-state index is 0.0903. The van der Waals surface area contributed by atoms with Crippen molar-refractivity contribution in [2.45, 2.75) is 65.6 Å². The molecule has 2 unspecified atom stereocenters. The number of fused-ring (bicyclic) bond motifs is 2. The first kappa shape index (κ1) is 29.5. The molecule has 0 aromatic heterocycles. The minimum atomic E-state index is -0.998. The third-order valence-electron chi connectivity index (χ3n) is 6.51. The van der Waals surface area contributed by atoms with E-state index < -0.39 is 30.1 Å². The molecular formula is C31H36O8. The molecule has 0 amide bonds. The van der Waals surface area contributed by atoms with Crippen LogP contribution in [0.3, 0.4) is 0 Å². The maximum absolute atomic E-state index is 12.1. The quantitative estimate of drug-likeness (QED) is 0.264. The van der Waals surface area contributed by atoms with Crippen LogP contribution < -0.4 is 9.47 Å². The predicted molar refractivity (Wildman–Crippen MR) is 148 cm³/mol. The topological polar surface area (TPSA) is 108 Å². The normalized spacial score (nSPS) is 13.9. The summed E-state index contributed by atoms with van der Waals surface area (Å²) in [6.45, 7) is 14.4. The van der Waals surface area contributed by atoms with Gasteiger partial charge in [0.25, 0.3) is 0 Å². The number of allylic oxidation sites excluding steroid dienone is 1. The zero-order chi connectivity index (χ0) is 28.7. The van der Waals surface area contributed by atoms with Gasteiger partial charge in [0, 0.05) is 45.0 Å². The summed E-state index contributed by atoms with van der Waals surface area (Å²) in [4.78, 5) is 36.0. The third kappa shape index (κ3) is 7.07. The summed E-state index contributed by atoms with van der Waals surface area (Å²) >= 11 is 0. The number of carboxylic acids is 1. The number of ether oxygens (including phenoxy) is 4. The van der Waals surface area contributed by atoms with Crippen molar-refractivity contribution in [1.82, 2.24) is 0 Å². The van der Waals surface area contributed by atoms with Crippen LogP contribution in [0.2, 0.25) is 0 Å². The largest absolute Gasteiger partial charge is 0.489 e. The molecule has 0 fully saturated rings. The second-order valence-electron chi connectivity index (χ2n) is 9.63. The number of carbonyl (C=O) groups is 3. The van der Waals surface area contributed by atoms with Crippen molar-refractivity contribution >= 4 is 28.7 Å². The van der Waals surface area contributed by atoms with Crippen molar-refractivity contribution in [3.8, 4) is 11.5 Å². The molecule has 0 aliphatic heterocycles. The Morgan fingerprint density at radius 2 is 1.31 bits per heavy atom. The Morgan fingerprint density at radius 3 is 1.72 bits per heavy atom. The summed E-state index contributed by atoms with van der Waals surface area (Å²) in [5.74, 6) is -0.839. The van der Waals surface area contributed by atoms with Crippen molar-refractivity contribution in [2.75, 3.05) is 13.2 Å². The van der Waals surface area contributed by atoms with Crippen LogP contribution >= 0.6 is 0 Å². The van der Waals surface area contributed by atoms with Crippen LogP contribution in [0.4, 0.5) is 0 Å². The monoisotopic (exact) mass is 536 g/mol. The third-order valence-corrected chi connectivity index (χ3v) is 6.51. The average Bonchev–Trinajstić information content (AvgIpc) is 2.92. The van der Waals surface area contributed by atoms with Crippen LogP contribution in [0.5, 0.6) is 11.5 Å². The molecule has 0 saturated carbocycles. The van der Waals surface area contributed by atoms with Crippen LogP contribution in [-0.4, -0.2) is 48.4 Å². The first-order valence-electron chi connectivity index (χ1n) is 13.0. The lowest BCUT2D eigenvalue weighted by molar-refractivity contribution is -0.146. The van der Waals surface area contributed by atoms with Crippen LogP contribution in [0.1, 0.15) is 51.7 Å². The van der Waals surface area contributed by atoms with Gasteiger partial charge in [-0.15, -0.1) is 0 Å². The summed E-state index contributed by atoms with van der Waals surface area (Å²) in [7, 11) is 0. The summed E-state index contributed by atoms with van der Waals surface area (Å²) in [6, 6.07) is 7.54. The van der Waals surface area contributed by atoms with Crippen LogP contribution in [0.25, 0.3) is 10.8 Å². The SMILES string of the molecule is C=C(C)C(=O)OC(CC)COc1c2c(c(OCC(CC)OC(=O)C(=C)C)c3ccccc13)CC(C(=O)O)=CC2. The van der Waals surface area contributed by atoms with Crippen molar-refractivity contribution in [2.24, 2.45) is 0 Å². The molecule has 8 heteroatoms. The zero-order valence-corrected chi connectivity index (χ0v) is 23.0. The molecule has 39 heavy (non-hydrogen) atoms. The van der Waals surface area contributed by atoms with Gasteiger partial charge in [-0.25, -0.2) is 14.4 Å². The van der Waals surface area contributed by atoms with Gasteiger partial charge in [-0.1, -0.05) is 57.3 Å². The summed E-state index contributed by atoms with van der Waals surface area (Å²) < 4.78 is 23.6. The number of hydrogen-bond acceptors (Lipinski definition) is 7. The maximum atomic E-state index is 12.1. The van der Waals surface area contributed by atoms with E-state index in [1.165, 1.54) is 0 Å². The second-order valence-corrected chi connectivity index (χ2v) is 9.63. The van der Waals surface area contributed by atoms with E-state index in [0.717, 1.165) is 16.3 Å². The molecule has 0 radical (unpaired) electrons. The average molecular weight is 537 g/mol. The van der Waals surface area contributed by atoms with Crippen LogP contribution in [-0.2, 0) is 36.7 Å². The lowest BCUT2D eigenvalue weighted by Gasteiger charge is -2.27. The first-order chi connectivity index (χ1) is 18.6. The van der Waals surface area contributed by atoms with Gasteiger partial charge in [0.15, 0.2) is 0 Å². The summed E-state index contributed by atoms with van der Waals surface area (Å²) in [5.41, 5.74) is 2.38. The van der Waals surface area contributed by atoms with Gasteiger partial charge in [-0.05, 0) is 33.1 Å². The van der Waals surface area contributed by atoms with Gasteiger partial charge in [0.1, 0.15) is 36.9 Å². The fourth-order valence-electron chi connectivity index (χ4n) is 4.19. The Bertz CT molecular complexity index is 1320. The highest BCUT2D eigenvalue weighted by Gasteiger charge is 2.28. The highest BCUT2D eigenvalue weighted by molar-refractivity contribution is 5.98. The van der Waals surface area contributed by atoms with Crippen LogP contribution in [0, 0.1) is 0 Å². The molecule has 208 valence electrons. The van der Waals surface area contributed by atoms with Gasteiger partial charge in [0.2, 0.25) is 0 Å². The number of aliphatic carboxylic acids is 1. The van der Waals surface area contributed by atoms with Gasteiger partial charge in [-0.3, -0.25) is 0 Å². The van der Waals surface area contributed by atoms with Crippen molar-refractivity contribution in [3.63, 3.8) is 0 Å². The van der Waals surface area contributed by atoms with Crippen molar-refractivity contribution in [3.05, 3.63) is 71.3 Å². The Morgan fingerprint density at radius 1 is 0.846 bits per heavy atom. The zero-order valence-electron chi connectivity index (χ0n) is 23.0. The van der Waals surface area contributed by atoms with E-state index in [0.29, 0.717) is 47.5 Å². The standard InChI is InChI=1S/C31H36O8/c1-7-21(38-30(34)18(3)4)16-36-27-23-11-9-10-12-24(23)28(26-15-20(29(32)33)13-14-25(26)27)37-17-22(8-2)39-31(35)19(5)6/h9-13,21-22H,3,5,7-8,14-17H2,1-2,4,6H3,(H,32,33). The van der Waals surface area contributed by atoms with Gasteiger partial charge in [-0.2, -0.15) is 0 Å². The van der Waals surface area contributed by atoms with E-state index in [-0.39, 0.29) is 25.2 Å². The van der Waals surface area contributed by atoms with E-state index >= 15 is 0 Å². The highest BCUT2D eigenvalue weighted by atomic mass is 16.6. The lowest BCUT2D eigenvalue weighted by Crippen LogP contribution is -2.26. The Balaban J connectivity index is 2.02. The number of esters is 2.